The Morgan fingerprint density at radius 1 is 1.21 bits per heavy atom. The lowest BCUT2D eigenvalue weighted by Crippen LogP contribution is -2.33. The lowest BCUT2D eigenvalue weighted by Gasteiger charge is -2.30. The van der Waals surface area contributed by atoms with Crippen LogP contribution in [0.2, 0.25) is 0 Å². The highest BCUT2D eigenvalue weighted by Gasteiger charge is 2.28. The summed E-state index contributed by atoms with van der Waals surface area (Å²) in [6, 6.07) is 12.3. The molecule has 2 heterocycles. The summed E-state index contributed by atoms with van der Waals surface area (Å²) in [5.41, 5.74) is 2.79. The van der Waals surface area contributed by atoms with Gasteiger partial charge in [-0.1, -0.05) is 6.07 Å². The number of fused-ring (bicyclic) bond motifs is 1. The molecule has 6 nitrogen and oxygen atoms in total. The summed E-state index contributed by atoms with van der Waals surface area (Å²) in [5, 5.41) is 24.6. The SMILES string of the molecule is O=C(O)c1ccc(-n2ncc3cc([C@@H](O)C4COC4)ccc32)cc1. The predicted molar refractivity (Wildman–Crippen MR) is 87.3 cm³/mol. The minimum atomic E-state index is -0.953. The van der Waals surface area contributed by atoms with Crippen molar-refractivity contribution in [1.29, 1.82) is 0 Å². The molecular weight excluding hydrogens is 308 g/mol. The van der Waals surface area contributed by atoms with Gasteiger partial charge in [0.25, 0.3) is 0 Å². The maximum atomic E-state index is 10.9. The second kappa shape index (κ2) is 5.74. The summed E-state index contributed by atoms with van der Waals surface area (Å²) in [7, 11) is 0. The summed E-state index contributed by atoms with van der Waals surface area (Å²) >= 11 is 0. The maximum absolute atomic E-state index is 10.9. The number of rotatable bonds is 4. The van der Waals surface area contributed by atoms with Crippen LogP contribution in [0.3, 0.4) is 0 Å². The molecule has 1 atom stereocenters. The molecule has 0 bridgehead atoms. The monoisotopic (exact) mass is 324 g/mol. The van der Waals surface area contributed by atoms with Gasteiger partial charge in [-0.15, -0.1) is 0 Å². The third kappa shape index (κ3) is 2.46. The average Bonchev–Trinajstić information content (AvgIpc) is 2.96. The van der Waals surface area contributed by atoms with Crippen LogP contribution in [0.1, 0.15) is 22.0 Å². The first kappa shape index (κ1) is 14.9. The molecule has 0 saturated carbocycles. The van der Waals surface area contributed by atoms with Crippen molar-refractivity contribution in [1.82, 2.24) is 9.78 Å². The Hall–Kier alpha value is -2.70. The van der Waals surface area contributed by atoms with Gasteiger partial charge in [0.05, 0.1) is 42.3 Å². The highest BCUT2D eigenvalue weighted by atomic mass is 16.5. The van der Waals surface area contributed by atoms with E-state index in [-0.39, 0.29) is 11.5 Å². The lowest BCUT2D eigenvalue weighted by molar-refractivity contribution is -0.0923. The first-order valence-electron chi connectivity index (χ1n) is 7.71. The number of aromatic nitrogens is 2. The minimum absolute atomic E-state index is 0.154. The standard InChI is InChI=1S/C18H16N2O4/c21-17(14-9-24-10-14)12-3-6-16-13(7-12)8-19-20(16)15-4-1-11(2-5-15)18(22)23/h1-8,14,17,21H,9-10H2,(H,22,23)/t17-/m1/s1. The second-order valence-corrected chi connectivity index (χ2v) is 5.97. The molecule has 2 N–H and O–H groups in total. The highest BCUT2D eigenvalue weighted by Crippen LogP contribution is 2.30. The zero-order chi connectivity index (χ0) is 16.7. The van der Waals surface area contributed by atoms with Gasteiger partial charge in [-0.25, -0.2) is 9.48 Å². The molecule has 1 aromatic heterocycles. The number of hydrogen-bond donors (Lipinski definition) is 2. The molecule has 0 spiro atoms. The Labute approximate surface area is 137 Å². The number of aromatic carboxylic acids is 1. The normalized spacial score (nSPS) is 16.0. The second-order valence-electron chi connectivity index (χ2n) is 5.97. The van der Waals surface area contributed by atoms with Crippen molar-refractivity contribution in [3.8, 4) is 5.69 Å². The first-order valence-corrected chi connectivity index (χ1v) is 7.71. The molecule has 1 aliphatic heterocycles. The van der Waals surface area contributed by atoms with Gasteiger partial charge in [0.15, 0.2) is 0 Å². The van der Waals surface area contributed by atoms with E-state index in [2.05, 4.69) is 5.10 Å². The molecular formula is C18H16N2O4. The van der Waals surface area contributed by atoms with Crippen molar-refractivity contribution < 1.29 is 19.7 Å². The van der Waals surface area contributed by atoms with Crippen molar-refractivity contribution >= 4 is 16.9 Å². The molecule has 24 heavy (non-hydrogen) atoms. The van der Waals surface area contributed by atoms with Crippen LogP contribution in [0.4, 0.5) is 0 Å². The fraction of sp³-hybridized carbons (Fsp3) is 0.222. The molecule has 3 aromatic rings. The number of aliphatic hydroxyl groups excluding tert-OH is 1. The molecule has 1 fully saturated rings. The summed E-state index contributed by atoms with van der Waals surface area (Å²) in [4.78, 5) is 10.9. The third-order valence-corrected chi connectivity index (χ3v) is 4.40. The molecule has 0 aliphatic carbocycles. The molecule has 0 amide bonds. The van der Waals surface area contributed by atoms with Gasteiger partial charge in [-0.05, 0) is 42.0 Å². The fourth-order valence-electron chi connectivity index (χ4n) is 2.89. The van der Waals surface area contributed by atoms with Gasteiger partial charge in [-0.3, -0.25) is 0 Å². The van der Waals surface area contributed by atoms with E-state index >= 15 is 0 Å². The molecule has 0 radical (unpaired) electrons. The van der Waals surface area contributed by atoms with Crippen molar-refractivity contribution in [3.63, 3.8) is 0 Å². The summed E-state index contributed by atoms with van der Waals surface area (Å²) in [6.07, 6.45) is 1.22. The van der Waals surface area contributed by atoms with E-state index in [1.54, 1.807) is 35.1 Å². The van der Waals surface area contributed by atoms with Crippen LogP contribution < -0.4 is 0 Å². The first-order chi connectivity index (χ1) is 11.6. The third-order valence-electron chi connectivity index (χ3n) is 4.40. The number of hydrogen-bond acceptors (Lipinski definition) is 4. The molecule has 4 rings (SSSR count). The number of carbonyl (C=O) groups is 1. The van der Waals surface area contributed by atoms with Crippen LogP contribution in [0.25, 0.3) is 16.6 Å². The summed E-state index contributed by atoms with van der Waals surface area (Å²) in [5.74, 6) is -0.800. The Bertz CT molecular complexity index is 897. The van der Waals surface area contributed by atoms with E-state index in [1.807, 2.05) is 18.2 Å². The Balaban J connectivity index is 1.68. The van der Waals surface area contributed by atoms with Crippen LogP contribution in [0.15, 0.2) is 48.7 Å². The number of ether oxygens (including phenoxy) is 1. The Morgan fingerprint density at radius 2 is 1.96 bits per heavy atom. The van der Waals surface area contributed by atoms with Crippen molar-refractivity contribution in [2.45, 2.75) is 6.10 Å². The molecule has 6 heteroatoms. The van der Waals surface area contributed by atoms with E-state index in [0.717, 1.165) is 22.2 Å². The topological polar surface area (TPSA) is 84.6 Å². The smallest absolute Gasteiger partial charge is 0.335 e. The van der Waals surface area contributed by atoms with E-state index in [4.69, 9.17) is 9.84 Å². The van der Waals surface area contributed by atoms with Crippen LogP contribution in [-0.2, 0) is 4.74 Å². The largest absolute Gasteiger partial charge is 0.478 e. The van der Waals surface area contributed by atoms with Gasteiger partial charge in [0, 0.05) is 11.3 Å². The predicted octanol–water partition coefficient (Wildman–Crippen LogP) is 2.40. The number of nitrogens with zero attached hydrogens (tertiary/aromatic N) is 2. The van der Waals surface area contributed by atoms with E-state index < -0.39 is 12.1 Å². The number of carboxylic acid groups (broad SMARTS) is 1. The van der Waals surface area contributed by atoms with Crippen molar-refractivity contribution in [3.05, 3.63) is 59.8 Å². The van der Waals surface area contributed by atoms with Crippen LogP contribution in [-0.4, -0.2) is 39.2 Å². The number of benzene rings is 2. The molecule has 1 saturated heterocycles. The quantitative estimate of drug-likeness (QED) is 0.770. The minimum Gasteiger partial charge on any atom is -0.478 e. The highest BCUT2D eigenvalue weighted by molar-refractivity contribution is 5.88. The van der Waals surface area contributed by atoms with Gasteiger partial charge in [0.2, 0.25) is 0 Å². The average molecular weight is 324 g/mol. The van der Waals surface area contributed by atoms with Crippen LogP contribution >= 0.6 is 0 Å². The van der Waals surface area contributed by atoms with Crippen molar-refractivity contribution in [2.75, 3.05) is 13.2 Å². The van der Waals surface area contributed by atoms with Gasteiger partial charge < -0.3 is 14.9 Å². The van der Waals surface area contributed by atoms with Gasteiger partial charge in [0.1, 0.15) is 0 Å². The molecule has 1 aliphatic rings. The molecule has 2 aromatic carbocycles. The zero-order valence-electron chi connectivity index (χ0n) is 12.8. The van der Waals surface area contributed by atoms with Gasteiger partial charge in [-0.2, -0.15) is 5.10 Å². The number of carboxylic acids is 1. The zero-order valence-corrected chi connectivity index (χ0v) is 12.8. The molecule has 122 valence electrons. The van der Waals surface area contributed by atoms with Crippen molar-refractivity contribution in [2.24, 2.45) is 5.92 Å². The van der Waals surface area contributed by atoms with E-state index in [0.29, 0.717) is 13.2 Å². The summed E-state index contributed by atoms with van der Waals surface area (Å²) in [6.45, 7) is 1.18. The fourth-order valence-corrected chi connectivity index (χ4v) is 2.89. The lowest BCUT2D eigenvalue weighted by atomic mass is 9.94. The Morgan fingerprint density at radius 3 is 2.58 bits per heavy atom. The van der Waals surface area contributed by atoms with Crippen LogP contribution in [0.5, 0.6) is 0 Å². The van der Waals surface area contributed by atoms with Crippen LogP contribution in [0, 0.1) is 5.92 Å². The molecule has 0 unspecified atom stereocenters. The van der Waals surface area contributed by atoms with Gasteiger partial charge >= 0.3 is 5.97 Å². The summed E-state index contributed by atoms with van der Waals surface area (Å²) < 4.78 is 6.89. The van der Waals surface area contributed by atoms with E-state index in [1.165, 1.54) is 0 Å². The maximum Gasteiger partial charge on any atom is 0.335 e. The van der Waals surface area contributed by atoms with E-state index in [9.17, 15) is 9.90 Å². The number of aliphatic hydroxyl groups is 1. The Kier molecular flexibility index (Phi) is 3.55.